The highest BCUT2D eigenvalue weighted by Gasteiger charge is 2.26. The van der Waals surface area contributed by atoms with Crippen LogP contribution in [0.5, 0.6) is 11.6 Å². The smallest absolute Gasteiger partial charge is 0.237 e. The Morgan fingerprint density at radius 1 is 1.24 bits per heavy atom. The first-order chi connectivity index (χ1) is 18.1. The van der Waals surface area contributed by atoms with Crippen LogP contribution in [0.3, 0.4) is 0 Å². The predicted octanol–water partition coefficient (Wildman–Crippen LogP) is 3.44. The predicted molar refractivity (Wildman–Crippen MR) is 141 cm³/mol. The molecule has 37 heavy (non-hydrogen) atoms. The number of fused-ring (bicyclic) bond motifs is 2. The molecule has 6 rings (SSSR count). The third kappa shape index (κ3) is 4.46. The molecule has 1 atom stereocenters. The number of alkyl halides is 1. The number of likely N-dealkylation sites (N-methyl/N-ethyl adjacent to an activating group) is 1. The molecule has 11 heteroatoms. The van der Waals surface area contributed by atoms with Crippen molar-refractivity contribution in [1.82, 2.24) is 24.3 Å². The number of methoxy groups -OCH3 is 1. The fraction of sp³-hybridized carbons (Fsp3) is 0.346. The van der Waals surface area contributed by atoms with E-state index in [1.165, 1.54) is 0 Å². The van der Waals surface area contributed by atoms with Gasteiger partial charge in [-0.1, -0.05) is 0 Å². The van der Waals surface area contributed by atoms with Gasteiger partial charge in [-0.05, 0) is 25.2 Å². The van der Waals surface area contributed by atoms with E-state index >= 15 is 0 Å². The first kappa shape index (κ1) is 23.3. The number of hydrogen-bond acceptors (Lipinski definition) is 9. The third-order valence-electron chi connectivity index (χ3n) is 6.92. The zero-order valence-corrected chi connectivity index (χ0v) is 20.8. The highest BCUT2D eigenvalue weighted by Crippen LogP contribution is 2.35. The molecule has 1 unspecified atom stereocenters. The monoisotopic (exact) mass is 504 g/mol. The minimum atomic E-state index is -0.375. The zero-order valence-electron chi connectivity index (χ0n) is 20.8. The molecule has 2 aliphatic heterocycles. The van der Waals surface area contributed by atoms with Gasteiger partial charge in [-0.3, -0.25) is 4.90 Å². The van der Waals surface area contributed by atoms with Gasteiger partial charge in [0, 0.05) is 68.3 Å². The van der Waals surface area contributed by atoms with E-state index in [9.17, 15) is 4.39 Å². The van der Waals surface area contributed by atoms with E-state index in [1.54, 1.807) is 19.5 Å². The van der Waals surface area contributed by atoms with Crippen LogP contribution in [-0.4, -0.2) is 83.9 Å². The second-order valence-corrected chi connectivity index (χ2v) is 9.23. The van der Waals surface area contributed by atoms with Crippen LogP contribution in [-0.2, 0) is 0 Å². The van der Waals surface area contributed by atoms with Crippen molar-refractivity contribution in [3.05, 3.63) is 49.1 Å². The summed E-state index contributed by atoms with van der Waals surface area (Å²) in [6.07, 6.45) is 7.32. The maximum Gasteiger partial charge on any atom is 0.237 e. The lowest BCUT2D eigenvalue weighted by Crippen LogP contribution is -2.52. The summed E-state index contributed by atoms with van der Waals surface area (Å²) in [6.45, 7) is 3.18. The average molecular weight is 505 g/mol. The fourth-order valence-corrected chi connectivity index (χ4v) is 4.81. The lowest BCUT2D eigenvalue weighted by molar-refractivity contribution is 0.183. The summed E-state index contributed by atoms with van der Waals surface area (Å²) in [5.74, 6) is 1.92. The molecule has 4 aromatic rings. The molecule has 1 fully saturated rings. The molecule has 3 aromatic heterocycles. The van der Waals surface area contributed by atoms with E-state index < -0.39 is 0 Å². The van der Waals surface area contributed by atoms with Crippen molar-refractivity contribution in [3.8, 4) is 22.9 Å². The second kappa shape index (κ2) is 9.74. The molecule has 5 heterocycles. The second-order valence-electron chi connectivity index (χ2n) is 9.23. The van der Waals surface area contributed by atoms with Crippen LogP contribution in [0, 0.1) is 0 Å². The summed E-state index contributed by atoms with van der Waals surface area (Å²) < 4.78 is 26.8. The molecule has 10 nitrogen and oxygen atoms in total. The number of anilines is 4. The van der Waals surface area contributed by atoms with Crippen molar-refractivity contribution in [2.24, 2.45) is 0 Å². The Labute approximate surface area is 214 Å². The van der Waals surface area contributed by atoms with Crippen molar-refractivity contribution in [3.63, 3.8) is 0 Å². The summed E-state index contributed by atoms with van der Waals surface area (Å²) in [7, 11) is 3.62. The maximum atomic E-state index is 13.5. The Morgan fingerprint density at radius 2 is 2.16 bits per heavy atom. The topological polar surface area (TPSA) is 92.1 Å². The number of ether oxygens (including phenoxy) is 2. The van der Waals surface area contributed by atoms with Gasteiger partial charge in [0.25, 0.3) is 0 Å². The summed E-state index contributed by atoms with van der Waals surface area (Å²) in [5, 5.41) is 6.74. The van der Waals surface area contributed by atoms with Gasteiger partial charge < -0.3 is 29.4 Å². The van der Waals surface area contributed by atoms with Gasteiger partial charge in [0.05, 0.1) is 30.2 Å². The molecule has 0 aliphatic carbocycles. The first-order valence-corrected chi connectivity index (χ1v) is 12.3. The molecular weight excluding hydrogens is 475 g/mol. The largest absolute Gasteiger partial charge is 0.495 e. The summed E-state index contributed by atoms with van der Waals surface area (Å²) >= 11 is 0. The molecule has 0 spiro atoms. The van der Waals surface area contributed by atoms with Crippen LogP contribution >= 0.6 is 0 Å². The lowest BCUT2D eigenvalue weighted by Gasteiger charge is -2.39. The van der Waals surface area contributed by atoms with Crippen molar-refractivity contribution in [2.75, 3.05) is 69.2 Å². The SMILES string of the molecule is COc1cc(Nc2nc(-c3cnc4c(c3)NCCO4)cn3ccnc23)ccc1N1CCN(C)C(CF)C1. The van der Waals surface area contributed by atoms with E-state index in [0.29, 0.717) is 36.2 Å². The lowest BCUT2D eigenvalue weighted by atomic mass is 10.1. The number of hydrogen-bond donors (Lipinski definition) is 2. The number of benzene rings is 1. The Morgan fingerprint density at radius 3 is 3.03 bits per heavy atom. The Bertz CT molecular complexity index is 1430. The van der Waals surface area contributed by atoms with E-state index in [2.05, 4.69) is 30.4 Å². The van der Waals surface area contributed by atoms with Gasteiger partial charge >= 0.3 is 0 Å². The molecule has 0 saturated carbocycles. The van der Waals surface area contributed by atoms with Gasteiger partial charge in [-0.15, -0.1) is 0 Å². The standard InChI is InChI=1S/C26H29FN8O2/c1-33-8-9-34(15-19(33)13-27)22-4-3-18(12-23(22)36-2)31-24-25-29-5-7-35(25)16-21(32-24)17-11-20-26(30-14-17)37-10-6-28-20/h3-5,7,11-12,14,16,19,28H,6,8-10,13,15H2,1-2H3,(H,31,32). The molecule has 1 aromatic carbocycles. The van der Waals surface area contributed by atoms with Gasteiger partial charge in [0.15, 0.2) is 11.5 Å². The average Bonchev–Trinajstić information content (AvgIpc) is 3.42. The van der Waals surface area contributed by atoms with Crippen molar-refractivity contribution in [1.29, 1.82) is 0 Å². The zero-order chi connectivity index (χ0) is 25.4. The van der Waals surface area contributed by atoms with E-state index in [1.807, 2.05) is 48.1 Å². The quantitative estimate of drug-likeness (QED) is 0.410. The number of piperazine rings is 1. The minimum absolute atomic E-state index is 0.128. The van der Waals surface area contributed by atoms with Gasteiger partial charge in [-0.2, -0.15) is 0 Å². The fourth-order valence-electron chi connectivity index (χ4n) is 4.81. The highest BCUT2D eigenvalue weighted by molar-refractivity contribution is 5.77. The number of nitrogens with one attached hydrogen (secondary N) is 2. The molecule has 0 bridgehead atoms. The first-order valence-electron chi connectivity index (χ1n) is 12.3. The molecule has 0 amide bonds. The Hall–Kier alpha value is -4.12. The number of nitrogens with zero attached hydrogens (tertiary/aromatic N) is 6. The Kier molecular flexibility index (Phi) is 6.13. The summed E-state index contributed by atoms with van der Waals surface area (Å²) in [6, 6.07) is 7.79. The molecule has 2 N–H and O–H groups in total. The maximum absolute atomic E-state index is 13.5. The van der Waals surface area contributed by atoms with E-state index in [4.69, 9.17) is 14.5 Å². The van der Waals surface area contributed by atoms with Gasteiger partial charge in [0.1, 0.15) is 19.0 Å². The normalized spacial score (nSPS) is 17.7. The summed E-state index contributed by atoms with van der Waals surface area (Å²) in [5.41, 5.74) is 4.91. The van der Waals surface area contributed by atoms with Crippen LogP contribution in [0.4, 0.5) is 27.3 Å². The van der Waals surface area contributed by atoms with Crippen LogP contribution in [0.1, 0.15) is 0 Å². The highest BCUT2D eigenvalue weighted by atomic mass is 19.1. The summed E-state index contributed by atoms with van der Waals surface area (Å²) in [4.78, 5) is 18.1. The number of rotatable bonds is 6. The molecular formula is C26H29FN8O2. The van der Waals surface area contributed by atoms with Gasteiger partial charge in [0.2, 0.25) is 5.88 Å². The molecule has 1 saturated heterocycles. The van der Waals surface area contributed by atoms with Crippen LogP contribution < -0.4 is 25.0 Å². The van der Waals surface area contributed by atoms with Crippen molar-refractivity contribution >= 4 is 28.5 Å². The Balaban J connectivity index is 1.31. The van der Waals surface area contributed by atoms with Crippen LogP contribution in [0.2, 0.25) is 0 Å². The van der Waals surface area contributed by atoms with Crippen LogP contribution in [0.15, 0.2) is 49.1 Å². The van der Waals surface area contributed by atoms with Crippen molar-refractivity contribution < 1.29 is 13.9 Å². The third-order valence-corrected chi connectivity index (χ3v) is 6.92. The number of pyridine rings is 1. The molecule has 0 radical (unpaired) electrons. The minimum Gasteiger partial charge on any atom is -0.495 e. The number of imidazole rings is 1. The van der Waals surface area contributed by atoms with Crippen LogP contribution in [0.25, 0.3) is 16.9 Å². The molecule has 192 valence electrons. The van der Waals surface area contributed by atoms with E-state index in [0.717, 1.165) is 48.0 Å². The van der Waals surface area contributed by atoms with Gasteiger partial charge in [-0.25, -0.2) is 19.3 Å². The number of halogens is 1. The molecule has 2 aliphatic rings. The number of aromatic nitrogens is 4. The van der Waals surface area contributed by atoms with Crippen molar-refractivity contribution in [2.45, 2.75) is 6.04 Å². The van der Waals surface area contributed by atoms with E-state index in [-0.39, 0.29) is 12.7 Å².